The van der Waals surface area contributed by atoms with Gasteiger partial charge in [-0.1, -0.05) is 54.1 Å². The van der Waals surface area contributed by atoms with E-state index in [1.54, 1.807) is 12.1 Å². The second-order valence-electron chi connectivity index (χ2n) is 6.70. The van der Waals surface area contributed by atoms with Crippen molar-refractivity contribution in [2.45, 2.75) is 6.92 Å². The second kappa shape index (κ2) is 5.57. The molecule has 1 aliphatic heterocycles. The van der Waals surface area contributed by atoms with Gasteiger partial charge < -0.3 is 4.42 Å². The van der Waals surface area contributed by atoms with Gasteiger partial charge in [0, 0.05) is 22.6 Å². The Hall–Kier alpha value is -3.39. The van der Waals surface area contributed by atoms with E-state index in [9.17, 15) is 4.79 Å². The average Bonchev–Trinajstić information content (AvgIpc) is 2.65. The monoisotopic (exact) mass is 336 g/mol. The lowest BCUT2D eigenvalue weighted by Crippen LogP contribution is -1.99. The van der Waals surface area contributed by atoms with Crippen molar-refractivity contribution in [2.75, 3.05) is 0 Å². The van der Waals surface area contributed by atoms with Crippen molar-refractivity contribution in [3.05, 3.63) is 94.6 Å². The first-order valence-corrected chi connectivity index (χ1v) is 8.65. The lowest BCUT2D eigenvalue weighted by atomic mass is 9.92. The van der Waals surface area contributed by atoms with Crippen molar-refractivity contribution in [3.8, 4) is 22.5 Å². The first-order chi connectivity index (χ1) is 12.7. The number of hydrogen-bond donors (Lipinski definition) is 0. The van der Waals surface area contributed by atoms with Gasteiger partial charge >= 0.3 is 0 Å². The molecule has 26 heavy (non-hydrogen) atoms. The van der Waals surface area contributed by atoms with Crippen molar-refractivity contribution >= 4 is 21.7 Å². The zero-order valence-electron chi connectivity index (χ0n) is 14.3. The van der Waals surface area contributed by atoms with Crippen LogP contribution in [0.5, 0.6) is 0 Å². The molecule has 0 bridgehead atoms. The van der Waals surface area contributed by atoms with Crippen LogP contribution < -0.4 is 5.43 Å². The van der Waals surface area contributed by atoms with Gasteiger partial charge in [-0.3, -0.25) is 4.79 Å². The van der Waals surface area contributed by atoms with Crippen molar-refractivity contribution in [1.82, 2.24) is 0 Å². The molecule has 0 amide bonds. The molecule has 0 fully saturated rings. The van der Waals surface area contributed by atoms with Gasteiger partial charge in [-0.15, -0.1) is 0 Å². The third-order valence-corrected chi connectivity index (χ3v) is 4.87. The molecule has 0 spiro atoms. The Labute approximate surface area is 150 Å². The van der Waals surface area contributed by atoms with Crippen LogP contribution in [0.3, 0.4) is 0 Å². The largest absolute Gasteiger partial charge is 0.456 e. The molecule has 5 rings (SSSR count). The minimum atomic E-state index is -0.0451. The summed E-state index contributed by atoms with van der Waals surface area (Å²) in [6, 6.07) is 26.0. The maximum absolute atomic E-state index is 11.9. The Morgan fingerprint density at radius 1 is 0.769 bits per heavy atom. The zero-order valence-corrected chi connectivity index (χ0v) is 14.3. The molecular formula is C24H16O2. The number of fused-ring (bicyclic) bond motifs is 3. The maximum atomic E-state index is 11.9. The standard InChI is InChI=1S/C24H16O2/c1-15-7-8-17-12-21-22(13-18(17)11-15)26-23-14-19(25)9-10-20(23)24(21)16-5-3-2-4-6-16/h2-14H,1H3. The van der Waals surface area contributed by atoms with Crippen molar-refractivity contribution in [2.24, 2.45) is 0 Å². The van der Waals surface area contributed by atoms with Crippen molar-refractivity contribution < 1.29 is 4.42 Å². The summed E-state index contributed by atoms with van der Waals surface area (Å²) in [5.74, 6) is 0.621. The van der Waals surface area contributed by atoms with Gasteiger partial charge in [0.1, 0.15) is 11.3 Å². The second-order valence-corrected chi connectivity index (χ2v) is 6.70. The van der Waals surface area contributed by atoms with Crippen LogP contribution in [0.1, 0.15) is 5.56 Å². The van der Waals surface area contributed by atoms with Crippen LogP contribution in [0, 0.1) is 6.92 Å². The zero-order chi connectivity index (χ0) is 17.7. The van der Waals surface area contributed by atoms with E-state index < -0.39 is 0 Å². The molecule has 0 atom stereocenters. The minimum Gasteiger partial charge on any atom is -0.456 e. The molecular weight excluding hydrogens is 320 g/mol. The molecule has 1 aliphatic carbocycles. The minimum absolute atomic E-state index is 0.0451. The van der Waals surface area contributed by atoms with Gasteiger partial charge in [0.2, 0.25) is 0 Å². The van der Waals surface area contributed by atoms with Crippen molar-refractivity contribution in [1.29, 1.82) is 0 Å². The van der Waals surface area contributed by atoms with E-state index in [4.69, 9.17) is 4.42 Å². The van der Waals surface area contributed by atoms with E-state index in [0.717, 1.165) is 33.0 Å². The summed E-state index contributed by atoms with van der Waals surface area (Å²) in [5.41, 5.74) is 5.13. The third kappa shape index (κ3) is 2.31. The van der Waals surface area contributed by atoms with Gasteiger partial charge in [0.15, 0.2) is 5.43 Å². The quantitative estimate of drug-likeness (QED) is 0.350. The average molecular weight is 336 g/mol. The Morgan fingerprint density at radius 3 is 2.46 bits per heavy atom. The number of rotatable bonds is 1. The summed E-state index contributed by atoms with van der Waals surface area (Å²) >= 11 is 0. The summed E-state index contributed by atoms with van der Waals surface area (Å²) in [6.07, 6.45) is 0. The lowest BCUT2D eigenvalue weighted by Gasteiger charge is -2.15. The Morgan fingerprint density at radius 2 is 1.62 bits per heavy atom. The van der Waals surface area contributed by atoms with Crippen LogP contribution >= 0.6 is 0 Å². The fourth-order valence-corrected chi connectivity index (χ4v) is 3.65. The van der Waals surface area contributed by atoms with Gasteiger partial charge in [-0.2, -0.15) is 0 Å². The normalized spacial score (nSPS) is 11.4. The highest BCUT2D eigenvalue weighted by Crippen LogP contribution is 2.40. The molecule has 2 nitrogen and oxygen atoms in total. The van der Waals surface area contributed by atoms with Gasteiger partial charge in [0.25, 0.3) is 0 Å². The third-order valence-electron chi connectivity index (χ3n) is 4.87. The SMILES string of the molecule is Cc1ccc2cc3c(-c4ccccc4)c4ccc(=O)cc-4oc3cc2c1. The predicted octanol–water partition coefficient (Wildman–Crippen LogP) is 6.03. The Kier molecular flexibility index (Phi) is 3.19. The van der Waals surface area contributed by atoms with Crippen LogP contribution in [0.4, 0.5) is 0 Å². The van der Waals surface area contributed by atoms with E-state index in [1.807, 2.05) is 24.3 Å². The van der Waals surface area contributed by atoms with E-state index >= 15 is 0 Å². The van der Waals surface area contributed by atoms with Crippen LogP contribution in [-0.4, -0.2) is 0 Å². The number of aryl methyl sites for hydroxylation is 1. The fraction of sp³-hybridized carbons (Fsp3) is 0.0417. The molecule has 0 aromatic heterocycles. The summed E-state index contributed by atoms with van der Waals surface area (Å²) in [4.78, 5) is 11.9. The summed E-state index contributed by atoms with van der Waals surface area (Å²) < 4.78 is 6.14. The van der Waals surface area contributed by atoms with Crippen LogP contribution in [0.25, 0.3) is 44.2 Å². The molecule has 0 N–H and O–H groups in total. The van der Waals surface area contributed by atoms with E-state index in [2.05, 4.69) is 49.4 Å². The molecule has 3 aromatic carbocycles. The molecule has 0 unspecified atom stereocenters. The highest BCUT2D eigenvalue weighted by atomic mass is 16.3. The van der Waals surface area contributed by atoms with E-state index in [0.29, 0.717) is 5.76 Å². The molecule has 2 heteroatoms. The molecule has 0 saturated heterocycles. The molecule has 1 heterocycles. The number of benzene rings is 4. The first-order valence-electron chi connectivity index (χ1n) is 8.65. The predicted molar refractivity (Wildman–Crippen MR) is 107 cm³/mol. The van der Waals surface area contributed by atoms with Crippen LogP contribution in [0.15, 0.2) is 88.1 Å². The highest BCUT2D eigenvalue weighted by molar-refractivity contribution is 6.07. The van der Waals surface area contributed by atoms with E-state index in [-0.39, 0.29) is 5.43 Å². The molecule has 0 radical (unpaired) electrons. The molecule has 3 aromatic rings. The smallest absolute Gasteiger partial charge is 0.182 e. The Bertz CT molecular complexity index is 1300. The van der Waals surface area contributed by atoms with E-state index in [1.165, 1.54) is 10.9 Å². The van der Waals surface area contributed by atoms with Gasteiger partial charge in [0.05, 0.1) is 0 Å². The summed E-state index contributed by atoms with van der Waals surface area (Å²) in [6.45, 7) is 2.08. The first kappa shape index (κ1) is 14.9. The van der Waals surface area contributed by atoms with Gasteiger partial charge in [-0.05, 0) is 47.5 Å². The summed E-state index contributed by atoms with van der Waals surface area (Å²) in [5, 5.41) is 3.37. The summed E-state index contributed by atoms with van der Waals surface area (Å²) in [7, 11) is 0. The maximum Gasteiger partial charge on any atom is 0.182 e. The lowest BCUT2D eigenvalue weighted by molar-refractivity contribution is 0.620. The number of hydrogen-bond acceptors (Lipinski definition) is 2. The van der Waals surface area contributed by atoms with Crippen LogP contribution in [-0.2, 0) is 0 Å². The molecule has 0 saturated carbocycles. The van der Waals surface area contributed by atoms with Crippen molar-refractivity contribution in [3.63, 3.8) is 0 Å². The topological polar surface area (TPSA) is 30.2 Å². The molecule has 2 aliphatic rings. The fourth-order valence-electron chi connectivity index (χ4n) is 3.65. The molecule has 124 valence electrons. The highest BCUT2D eigenvalue weighted by Gasteiger charge is 2.17. The van der Waals surface area contributed by atoms with Gasteiger partial charge in [-0.25, -0.2) is 0 Å². The Balaban J connectivity index is 2.00. The van der Waals surface area contributed by atoms with Crippen LogP contribution in [0.2, 0.25) is 0 Å².